The zero-order valence-electron chi connectivity index (χ0n) is 12.1. The number of hydrogen-bond acceptors (Lipinski definition) is 3. The lowest BCUT2D eigenvalue weighted by molar-refractivity contribution is 0.0526. The zero-order chi connectivity index (χ0) is 15.2. The minimum Gasteiger partial charge on any atom is -0.462 e. The summed E-state index contributed by atoms with van der Waals surface area (Å²) in [7, 11) is 0. The number of halogens is 1. The third kappa shape index (κ3) is 4.23. The van der Waals surface area contributed by atoms with E-state index in [2.05, 4.69) is 5.32 Å². The van der Waals surface area contributed by atoms with Crippen molar-refractivity contribution >= 4 is 23.3 Å². The van der Waals surface area contributed by atoms with Crippen LogP contribution in [0.2, 0.25) is 5.02 Å². The van der Waals surface area contributed by atoms with Crippen LogP contribution in [0.4, 0.5) is 5.69 Å². The number of rotatable bonds is 5. The number of nitrogens with one attached hydrogen (secondary N) is 1. The number of hydrogen-bond donors (Lipinski definition) is 1. The van der Waals surface area contributed by atoms with Crippen LogP contribution in [0.15, 0.2) is 48.5 Å². The van der Waals surface area contributed by atoms with E-state index in [1.165, 1.54) is 0 Å². The normalized spacial score (nSPS) is 11.8. The highest BCUT2D eigenvalue weighted by molar-refractivity contribution is 6.30. The number of carbonyl (C=O) groups is 1. The van der Waals surface area contributed by atoms with Crippen molar-refractivity contribution in [2.75, 3.05) is 11.9 Å². The van der Waals surface area contributed by atoms with Crippen molar-refractivity contribution in [3.05, 3.63) is 64.7 Å². The summed E-state index contributed by atoms with van der Waals surface area (Å²) < 4.78 is 5.00. The van der Waals surface area contributed by atoms with E-state index >= 15 is 0 Å². The smallest absolute Gasteiger partial charge is 0.338 e. The first-order valence-electron chi connectivity index (χ1n) is 6.89. The number of benzene rings is 2. The highest BCUT2D eigenvalue weighted by Crippen LogP contribution is 2.22. The molecule has 0 radical (unpaired) electrons. The molecule has 0 saturated carbocycles. The third-order valence-corrected chi connectivity index (χ3v) is 3.34. The lowest BCUT2D eigenvalue weighted by atomic mass is 10.1. The summed E-state index contributed by atoms with van der Waals surface area (Å²) in [4.78, 5) is 11.7. The highest BCUT2D eigenvalue weighted by Gasteiger charge is 2.09. The van der Waals surface area contributed by atoms with E-state index < -0.39 is 0 Å². The number of carbonyl (C=O) groups excluding carboxylic acids is 1. The van der Waals surface area contributed by atoms with Crippen molar-refractivity contribution in [1.82, 2.24) is 0 Å². The lowest BCUT2D eigenvalue weighted by Crippen LogP contribution is -2.08. The molecular formula is C17H18ClNO2. The van der Waals surface area contributed by atoms with E-state index in [1.54, 1.807) is 19.1 Å². The Hall–Kier alpha value is -2.00. The van der Waals surface area contributed by atoms with Crippen molar-refractivity contribution in [2.24, 2.45) is 0 Å². The molecule has 0 spiro atoms. The molecule has 2 aromatic rings. The highest BCUT2D eigenvalue weighted by atomic mass is 35.5. The van der Waals surface area contributed by atoms with E-state index in [9.17, 15) is 4.79 Å². The van der Waals surface area contributed by atoms with Crippen molar-refractivity contribution < 1.29 is 9.53 Å². The van der Waals surface area contributed by atoms with Gasteiger partial charge >= 0.3 is 5.97 Å². The number of esters is 1. The van der Waals surface area contributed by atoms with Gasteiger partial charge in [0, 0.05) is 16.8 Å². The summed E-state index contributed by atoms with van der Waals surface area (Å²) in [5, 5.41) is 4.07. The quantitative estimate of drug-likeness (QED) is 0.814. The van der Waals surface area contributed by atoms with Crippen molar-refractivity contribution in [2.45, 2.75) is 19.9 Å². The van der Waals surface area contributed by atoms with Gasteiger partial charge in [-0.1, -0.05) is 29.8 Å². The fourth-order valence-corrected chi connectivity index (χ4v) is 2.26. The Kier molecular flexibility index (Phi) is 5.23. The molecule has 0 aliphatic carbocycles. The van der Waals surface area contributed by atoms with E-state index in [0.717, 1.165) is 11.3 Å². The largest absolute Gasteiger partial charge is 0.462 e. The van der Waals surface area contributed by atoms with E-state index in [0.29, 0.717) is 17.2 Å². The minimum absolute atomic E-state index is 0.0844. The van der Waals surface area contributed by atoms with Gasteiger partial charge in [-0.3, -0.25) is 0 Å². The number of anilines is 1. The van der Waals surface area contributed by atoms with Gasteiger partial charge in [-0.25, -0.2) is 4.79 Å². The predicted octanol–water partition coefficient (Wildman–Crippen LogP) is 4.69. The maximum absolute atomic E-state index is 11.7. The molecule has 4 heteroatoms. The molecule has 0 saturated heterocycles. The van der Waals surface area contributed by atoms with Crippen LogP contribution in [0.1, 0.15) is 35.8 Å². The molecule has 2 rings (SSSR count). The first-order valence-corrected chi connectivity index (χ1v) is 7.27. The summed E-state index contributed by atoms with van der Waals surface area (Å²) in [5.41, 5.74) is 2.50. The second kappa shape index (κ2) is 7.14. The van der Waals surface area contributed by atoms with Gasteiger partial charge in [-0.05, 0) is 49.7 Å². The summed E-state index contributed by atoms with van der Waals surface area (Å²) in [5.74, 6) is -0.309. The monoisotopic (exact) mass is 303 g/mol. The minimum atomic E-state index is -0.309. The van der Waals surface area contributed by atoms with Gasteiger partial charge in [0.1, 0.15) is 0 Å². The molecule has 1 N–H and O–H groups in total. The van der Waals surface area contributed by atoms with Crippen LogP contribution in [-0.2, 0) is 4.74 Å². The molecule has 21 heavy (non-hydrogen) atoms. The van der Waals surface area contributed by atoms with Gasteiger partial charge in [0.25, 0.3) is 0 Å². The first-order chi connectivity index (χ1) is 10.1. The van der Waals surface area contributed by atoms with Crippen LogP contribution in [0, 0.1) is 0 Å². The lowest BCUT2D eigenvalue weighted by Gasteiger charge is -2.16. The molecule has 2 aromatic carbocycles. The SMILES string of the molecule is CCOC(=O)c1cccc(NC(C)c2cccc(Cl)c2)c1. The maximum Gasteiger partial charge on any atom is 0.338 e. The Bertz CT molecular complexity index is 628. The Morgan fingerprint density at radius 2 is 2.00 bits per heavy atom. The van der Waals surface area contributed by atoms with Gasteiger partial charge in [-0.15, -0.1) is 0 Å². The average molecular weight is 304 g/mol. The van der Waals surface area contributed by atoms with Crippen LogP contribution < -0.4 is 5.32 Å². The van der Waals surface area contributed by atoms with E-state index in [-0.39, 0.29) is 12.0 Å². The molecule has 0 aliphatic heterocycles. The zero-order valence-corrected chi connectivity index (χ0v) is 12.9. The van der Waals surface area contributed by atoms with Crippen LogP contribution in [0.3, 0.4) is 0 Å². The molecule has 0 aromatic heterocycles. The van der Waals surface area contributed by atoms with Gasteiger partial charge in [-0.2, -0.15) is 0 Å². The molecule has 110 valence electrons. The van der Waals surface area contributed by atoms with Crippen LogP contribution in [-0.4, -0.2) is 12.6 Å². The van der Waals surface area contributed by atoms with E-state index in [1.807, 2.05) is 43.3 Å². The van der Waals surface area contributed by atoms with Gasteiger partial charge in [0.05, 0.1) is 12.2 Å². The Labute approximate surface area is 129 Å². The Balaban J connectivity index is 2.12. The van der Waals surface area contributed by atoms with Gasteiger partial charge < -0.3 is 10.1 Å². The first kappa shape index (κ1) is 15.4. The second-order valence-corrected chi connectivity index (χ2v) is 5.16. The molecule has 0 heterocycles. The maximum atomic E-state index is 11.7. The molecule has 0 aliphatic rings. The molecule has 0 bridgehead atoms. The fraction of sp³-hybridized carbons (Fsp3) is 0.235. The van der Waals surface area contributed by atoms with Gasteiger partial charge in [0.15, 0.2) is 0 Å². The molecule has 0 fully saturated rings. The standard InChI is InChI=1S/C17H18ClNO2/c1-3-21-17(20)14-7-5-9-16(11-14)19-12(2)13-6-4-8-15(18)10-13/h4-12,19H,3H2,1-2H3. The van der Waals surface area contributed by atoms with Crippen LogP contribution >= 0.6 is 11.6 Å². The molecule has 0 amide bonds. The molecular weight excluding hydrogens is 286 g/mol. The van der Waals surface area contributed by atoms with Crippen molar-refractivity contribution in [1.29, 1.82) is 0 Å². The van der Waals surface area contributed by atoms with Crippen molar-refractivity contribution in [3.63, 3.8) is 0 Å². The van der Waals surface area contributed by atoms with E-state index in [4.69, 9.17) is 16.3 Å². The summed E-state index contributed by atoms with van der Waals surface area (Å²) in [6.45, 7) is 4.21. The third-order valence-electron chi connectivity index (χ3n) is 3.11. The Morgan fingerprint density at radius 1 is 1.24 bits per heavy atom. The summed E-state index contributed by atoms with van der Waals surface area (Å²) >= 11 is 6.00. The number of ether oxygens (including phenoxy) is 1. The summed E-state index contributed by atoms with van der Waals surface area (Å²) in [6.07, 6.45) is 0. The molecule has 1 atom stereocenters. The molecule has 3 nitrogen and oxygen atoms in total. The predicted molar refractivity (Wildman–Crippen MR) is 85.9 cm³/mol. The Morgan fingerprint density at radius 3 is 2.71 bits per heavy atom. The second-order valence-electron chi connectivity index (χ2n) is 4.72. The van der Waals surface area contributed by atoms with Crippen molar-refractivity contribution in [3.8, 4) is 0 Å². The fourth-order valence-electron chi connectivity index (χ4n) is 2.06. The molecule has 1 unspecified atom stereocenters. The van der Waals surface area contributed by atoms with Gasteiger partial charge in [0.2, 0.25) is 0 Å². The summed E-state index contributed by atoms with van der Waals surface area (Å²) in [6, 6.07) is 15.1. The topological polar surface area (TPSA) is 38.3 Å². The van der Waals surface area contributed by atoms with Crippen LogP contribution in [0.25, 0.3) is 0 Å². The van der Waals surface area contributed by atoms with Crippen LogP contribution in [0.5, 0.6) is 0 Å². The average Bonchev–Trinajstić information content (AvgIpc) is 2.48.